The summed E-state index contributed by atoms with van der Waals surface area (Å²) in [6.45, 7) is -2.45. The number of halogens is 5. The molecule has 0 N–H and O–H groups in total. The van der Waals surface area contributed by atoms with Crippen molar-refractivity contribution in [3.63, 3.8) is 0 Å². The second kappa shape index (κ2) is 10.1. The number of fused-ring (bicyclic) bond motifs is 1. The lowest BCUT2D eigenvalue weighted by atomic mass is 10.1. The van der Waals surface area contributed by atoms with Crippen LogP contribution in [0.25, 0.3) is 22.2 Å². The number of aromatic nitrogens is 6. The molecule has 0 amide bonds. The summed E-state index contributed by atoms with van der Waals surface area (Å²) in [5.41, 5.74) is 0.730. The minimum absolute atomic E-state index is 0.0321. The second-order valence-corrected chi connectivity index (χ2v) is 8.73. The third-order valence-corrected chi connectivity index (χ3v) is 6.03. The van der Waals surface area contributed by atoms with Crippen molar-refractivity contribution in [2.75, 3.05) is 32.2 Å². The van der Waals surface area contributed by atoms with Gasteiger partial charge in [-0.25, -0.2) is 23.7 Å². The average molecular weight is 562 g/mol. The number of alkyl halides is 5. The topological polar surface area (TPSA) is 124 Å². The summed E-state index contributed by atoms with van der Waals surface area (Å²) in [4.78, 5) is 17.6. The lowest BCUT2D eigenvalue weighted by Crippen LogP contribution is -2.36. The number of anilines is 1. The van der Waals surface area contributed by atoms with Gasteiger partial charge < -0.3 is 19.1 Å². The zero-order valence-electron chi connectivity index (χ0n) is 20.9. The first-order valence-corrected chi connectivity index (χ1v) is 11.5. The van der Waals surface area contributed by atoms with Crippen molar-refractivity contribution in [1.82, 2.24) is 29.7 Å². The van der Waals surface area contributed by atoms with Crippen LogP contribution in [0.4, 0.5) is 27.6 Å². The fourth-order valence-corrected chi connectivity index (χ4v) is 4.21. The largest absolute Gasteiger partial charge is 0.480 e. The summed E-state index contributed by atoms with van der Waals surface area (Å²) >= 11 is 0. The highest BCUT2D eigenvalue weighted by atomic mass is 19.4. The van der Waals surface area contributed by atoms with E-state index in [-0.39, 0.29) is 46.9 Å². The maximum atomic E-state index is 15.1. The molecule has 40 heavy (non-hydrogen) atoms. The molecular weight excluding hydrogens is 543 g/mol. The van der Waals surface area contributed by atoms with Gasteiger partial charge in [-0.2, -0.15) is 28.5 Å². The van der Waals surface area contributed by atoms with Gasteiger partial charge in [-0.3, -0.25) is 4.68 Å². The summed E-state index contributed by atoms with van der Waals surface area (Å²) < 4.78 is 85.3. The van der Waals surface area contributed by atoms with Crippen molar-refractivity contribution in [1.29, 1.82) is 5.26 Å². The van der Waals surface area contributed by atoms with Crippen molar-refractivity contribution in [2.24, 2.45) is 0 Å². The van der Waals surface area contributed by atoms with Crippen LogP contribution in [0, 0.1) is 11.3 Å². The van der Waals surface area contributed by atoms with Crippen LogP contribution in [0.15, 0.2) is 36.8 Å². The van der Waals surface area contributed by atoms with E-state index in [2.05, 4.69) is 25.0 Å². The van der Waals surface area contributed by atoms with Crippen molar-refractivity contribution in [3.05, 3.63) is 42.5 Å². The predicted molar refractivity (Wildman–Crippen MR) is 128 cm³/mol. The first kappa shape index (κ1) is 26.8. The highest BCUT2D eigenvalue weighted by Gasteiger charge is 2.50. The van der Waals surface area contributed by atoms with Gasteiger partial charge in [0.15, 0.2) is 6.10 Å². The van der Waals surface area contributed by atoms with Crippen LogP contribution in [-0.2, 0) is 6.54 Å². The summed E-state index contributed by atoms with van der Waals surface area (Å²) in [5, 5.41) is 13.5. The molecule has 0 saturated carbocycles. The van der Waals surface area contributed by atoms with E-state index in [4.69, 9.17) is 14.2 Å². The lowest BCUT2D eigenvalue weighted by Gasteiger charge is -2.19. The Morgan fingerprint density at radius 2 is 1.88 bits per heavy atom. The van der Waals surface area contributed by atoms with E-state index in [0.717, 1.165) is 6.07 Å². The Morgan fingerprint density at radius 3 is 2.58 bits per heavy atom. The predicted octanol–water partition coefficient (Wildman–Crippen LogP) is 3.64. The minimum atomic E-state index is -4.53. The number of rotatable bonds is 7. The summed E-state index contributed by atoms with van der Waals surface area (Å²) in [7, 11) is 2.74. The van der Waals surface area contributed by atoms with Gasteiger partial charge in [0, 0.05) is 29.5 Å². The number of ether oxygens (including phenoxy) is 3. The van der Waals surface area contributed by atoms with Crippen LogP contribution in [0.2, 0.25) is 0 Å². The molecule has 16 heteroatoms. The molecule has 0 aliphatic carbocycles. The summed E-state index contributed by atoms with van der Waals surface area (Å²) in [6, 6.07) is 5.90. The second-order valence-electron chi connectivity index (χ2n) is 8.73. The maximum Gasteiger partial charge on any atom is 0.408 e. The number of hydrogen-bond acceptors (Lipinski definition) is 10. The molecule has 0 aromatic carbocycles. The minimum Gasteiger partial charge on any atom is -0.480 e. The van der Waals surface area contributed by atoms with Gasteiger partial charge in [-0.1, -0.05) is 0 Å². The van der Waals surface area contributed by atoms with E-state index in [1.54, 1.807) is 0 Å². The smallest absolute Gasteiger partial charge is 0.408 e. The molecule has 208 valence electrons. The highest BCUT2D eigenvalue weighted by Crippen LogP contribution is 2.37. The Labute approximate surface area is 222 Å². The molecule has 1 fully saturated rings. The molecule has 0 radical (unpaired) electrons. The molecule has 4 aromatic heterocycles. The normalized spacial score (nSPS) is 16.6. The van der Waals surface area contributed by atoms with Gasteiger partial charge in [-0.15, -0.1) is 0 Å². The summed E-state index contributed by atoms with van der Waals surface area (Å²) in [5.74, 6) is -3.56. The summed E-state index contributed by atoms with van der Waals surface area (Å²) in [6.07, 6.45) is -2.46. The molecule has 0 bridgehead atoms. The van der Waals surface area contributed by atoms with E-state index in [9.17, 15) is 18.4 Å². The van der Waals surface area contributed by atoms with Crippen molar-refractivity contribution >= 4 is 16.6 Å². The number of hydrogen-bond donors (Lipinski definition) is 0. The SMILES string of the molecule is COc1ncc(-c2cc(N3CC(Oc4cc5c(cn4)cnn5CC(F)(F)F)C(F)(F)C3)cc(C#N)n2)c(OC)n1. The molecule has 1 aliphatic heterocycles. The molecule has 1 saturated heterocycles. The van der Waals surface area contributed by atoms with Crippen LogP contribution in [0.1, 0.15) is 5.69 Å². The van der Waals surface area contributed by atoms with Crippen LogP contribution >= 0.6 is 0 Å². The molecule has 0 spiro atoms. The molecule has 1 aliphatic rings. The molecule has 5 rings (SSSR count). The van der Waals surface area contributed by atoms with Gasteiger partial charge in [-0.05, 0) is 12.1 Å². The Morgan fingerprint density at radius 1 is 1.07 bits per heavy atom. The van der Waals surface area contributed by atoms with E-state index >= 15 is 8.78 Å². The number of methoxy groups -OCH3 is 2. The Balaban J connectivity index is 1.43. The first-order chi connectivity index (χ1) is 19.0. The van der Waals surface area contributed by atoms with Gasteiger partial charge in [0.05, 0.1) is 50.3 Å². The van der Waals surface area contributed by atoms with E-state index in [1.165, 1.54) is 49.8 Å². The van der Waals surface area contributed by atoms with Gasteiger partial charge >= 0.3 is 18.1 Å². The van der Waals surface area contributed by atoms with Crippen molar-refractivity contribution in [2.45, 2.75) is 24.7 Å². The average Bonchev–Trinajstić information content (AvgIpc) is 3.45. The third-order valence-electron chi connectivity index (χ3n) is 6.03. The molecule has 5 heterocycles. The Kier molecular flexibility index (Phi) is 6.74. The van der Waals surface area contributed by atoms with Gasteiger partial charge in [0.2, 0.25) is 11.8 Å². The fraction of sp³-hybridized carbons (Fsp3) is 0.333. The first-order valence-electron chi connectivity index (χ1n) is 11.5. The Hall–Kier alpha value is -4.81. The molecular formula is C24H19F5N8O3. The Bertz CT molecular complexity index is 1600. The molecule has 11 nitrogen and oxygen atoms in total. The fourth-order valence-electron chi connectivity index (χ4n) is 4.21. The quantitative estimate of drug-likeness (QED) is 0.309. The number of nitrogens with zero attached hydrogens (tertiary/aromatic N) is 8. The third kappa shape index (κ3) is 5.35. The van der Waals surface area contributed by atoms with E-state index < -0.39 is 31.3 Å². The van der Waals surface area contributed by atoms with Crippen LogP contribution in [0.3, 0.4) is 0 Å². The zero-order valence-corrected chi connectivity index (χ0v) is 20.9. The molecule has 1 atom stereocenters. The number of pyridine rings is 2. The monoisotopic (exact) mass is 562 g/mol. The number of nitriles is 1. The van der Waals surface area contributed by atoms with E-state index in [1.807, 2.05) is 6.07 Å². The van der Waals surface area contributed by atoms with E-state index in [0.29, 0.717) is 15.6 Å². The highest BCUT2D eigenvalue weighted by molar-refractivity contribution is 5.78. The maximum absolute atomic E-state index is 15.1. The zero-order chi connectivity index (χ0) is 28.7. The van der Waals surface area contributed by atoms with Crippen molar-refractivity contribution in [3.8, 4) is 35.1 Å². The lowest BCUT2D eigenvalue weighted by molar-refractivity contribution is -0.141. The molecule has 4 aromatic rings. The van der Waals surface area contributed by atoms with Gasteiger partial charge in [0.25, 0.3) is 0 Å². The van der Waals surface area contributed by atoms with Crippen LogP contribution in [0.5, 0.6) is 17.8 Å². The standard InChI is InChI=1S/C24H19F5N8O3/c1-38-21-16(9-32-22(35-21)39-2)17-4-15(3-14(6-30)34-17)36-10-19(23(25,26)11-36)40-20-5-18-13(7-31-20)8-33-37(18)12-24(27,28)29/h3-5,7-9,19H,10-12H2,1-2H3. The van der Waals surface area contributed by atoms with Crippen LogP contribution in [-0.4, -0.2) is 75.2 Å². The molecule has 1 unspecified atom stereocenters. The van der Waals surface area contributed by atoms with Crippen molar-refractivity contribution < 1.29 is 36.2 Å². The van der Waals surface area contributed by atoms with Crippen LogP contribution < -0.4 is 19.1 Å². The van der Waals surface area contributed by atoms with Gasteiger partial charge in [0.1, 0.15) is 18.3 Å².